The van der Waals surface area contributed by atoms with Gasteiger partial charge >= 0.3 is 0 Å². The summed E-state index contributed by atoms with van der Waals surface area (Å²) < 4.78 is 42.5. The molecule has 1 saturated heterocycles. The Labute approximate surface area is 194 Å². The molecule has 1 aromatic heterocycles. The normalized spacial score (nSPS) is 15.4. The quantitative estimate of drug-likeness (QED) is 0.393. The summed E-state index contributed by atoms with van der Waals surface area (Å²) in [5.41, 5.74) is 0.456. The third-order valence-corrected chi connectivity index (χ3v) is 6.52. The summed E-state index contributed by atoms with van der Waals surface area (Å²) in [7, 11) is 0. The van der Waals surface area contributed by atoms with Crippen molar-refractivity contribution in [3.8, 4) is 5.69 Å². The number of benzene rings is 2. The van der Waals surface area contributed by atoms with Gasteiger partial charge in [0.05, 0.1) is 17.5 Å². The second kappa shape index (κ2) is 10.4. The smallest absolute Gasteiger partial charge is 0.237 e. The van der Waals surface area contributed by atoms with Crippen LogP contribution in [0.2, 0.25) is 0 Å². The van der Waals surface area contributed by atoms with Crippen LogP contribution in [0.15, 0.2) is 47.6 Å². The third kappa shape index (κ3) is 5.39. The fraction of sp³-hybridized carbons (Fsp3) is 0.348. The van der Waals surface area contributed by atoms with Gasteiger partial charge in [0, 0.05) is 5.69 Å². The van der Waals surface area contributed by atoms with Crippen molar-refractivity contribution in [1.29, 1.82) is 0 Å². The minimum absolute atomic E-state index is 0.415. The van der Waals surface area contributed by atoms with E-state index in [0.29, 0.717) is 11.7 Å². The van der Waals surface area contributed by atoms with Crippen LogP contribution in [0, 0.1) is 17.5 Å². The summed E-state index contributed by atoms with van der Waals surface area (Å²) in [6.07, 6.45) is 3.53. The molecule has 174 valence electrons. The highest BCUT2D eigenvalue weighted by atomic mass is 32.2. The summed E-state index contributed by atoms with van der Waals surface area (Å²) in [4.78, 5) is 15.0. The summed E-state index contributed by atoms with van der Waals surface area (Å²) in [5, 5.41) is 10.8. The Morgan fingerprint density at radius 2 is 1.76 bits per heavy atom. The molecule has 33 heavy (non-hydrogen) atoms. The summed E-state index contributed by atoms with van der Waals surface area (Å²) in [6, 6.07) is 11.4. The van der Waals surface area contributed by atoms with E-state index < -0.39 is 34.3 Å². The van der Waals surface area contributed by atoms with Crippen molar-refractivity contribution in [1.82, 2.24) is 19.7 Å². The number of hydrogen-bond donors (Lipinski definition) is 1. The maximum absolute atomic E-state index is 14.0. The number of halogens is 3. The van der Waals surface area contributed by atoms with Gasteiger partial charge in [-0.2, -0.15) is 0 Å². The van der Waals surface area contributed by atoms with E-state index in [2.05, 4.69) is 20.4 Å². The van der Waals surface area contributed by atoms with Crippen LogP contribution < -0.4 is 5.32 Å². The molecule has 6 nitrogen and oxygen atoms in total. The third-order valence-electron chi connectivity index (χ3n) is 5.47. The minimum Gasteiger partial charge on any atom is -0.323 e. The van der Waals surface area contributed by atoms with E-state index in [9.17, 15) is 18.0 Å². The van der Waals surface area contributed by atoms with Crippen molar-refractivity contribution in [3.63, 3.8) is 0 Å². The molecule has 1 aliphatic rings. The summed E-state index contributed by atoms with van der Waals surface area (Å²) in [5.74, 6) is -4.17. The van der Waals surface area contributed by atoms with Crippen LogP contribution in [0.3, 0.4) is 0 Å². The number of aromatic nitrogens is 3. The number of rotatable bonds is 7. The van der Waals surface area contributed by atoms with Crippen LogP contribution >= 0.6 is 11.8 Å². The number of thioether (sulfide) groups is 1. The van der Waals surface area contributed by atoms with Crippen molar-refractivity contribution >= 4 is 23.4 Å². The van der Waals surface area contributed by atoms with Crippen LogP contribution in [0.1, 0.15) is 32.0 Å². The predicted molar refractivity (Wildman–Crippen MR) is 121 cm³/mol. The molecule has 1 atom stereocenters. The topological polar surface area (TPSA) is 63.1 Å². The lowest BCUT2D eigenvalue weighted by Gasteiger charge is -2.26. The molecule has 1 fully saturated rings. The van der Waals surface area contributed by atoms with Crippen LogP contribution in [0.4, 0.5) is 18.9 Å². The number of carbonyl (C=O) groups excluding carboxylic acids is 1. The molecule has 4 rings (SSSR count). The van der Waals surface area contributed by atoms with Gasteiger partial charge in [0.25, 0.3) is 0 Å². The van der Waals surface area contributed by atoms with Gasteiger partial charge in [0.2, 0.25) is 5.91 Å². The number of para-hydroxylation sites is 1. The lowest BCUT2D eigenvalue weighted by atomic mass is 10.1. The zero-order chi connectivity index (χ0) is 23.4. The van der Waals surface area contributed by atoms with Gasteiger partial charge in [-0.15, -0.1) is 10.2 Å². The lowest BCUT2D eigenvalue weighted by molar-refractivity contribution is -0.115. The van der Waals surface area contributed by atoms with Gasteiger partial charge in [-0.05, 0) is 57.1 Å². The molecular weight excluding hydrogens is 451 g/mol. The Hall–Kier alpha value is -2.85. The highest BCUT2D eigenvalue weighted by molar-refractivity contribution is 8.00. The lowest BCUT2D eigenvalue weighted by Crippen LogP contribution is -2.30. The van der Waals surface area contributed by atoms with E-state index in [1.54, 1.807) is 6.92 Å². The number of anilines is 1. The van der Waals surface area contributed by atoms with Gasteiger partial charge in [-0.1, -0.05) is 36.4 Å². The zero-order valence-corrected chi connectivity index (χ0v) is 18.9. The van der Waals surface area contributed by atoms with E-state index in [-0.39, 0.29) is 0 Å². The van der Waals surface area contributed by atoms with Gasteiger partial charge in [0.15, 0.2) is 28.4 Å². The van der Waals surface area contributed by atoms with Gasteiger partial charge in [0.1, 0.15) is 0 Å². The fourth-order valence-electron chi connectivity index (χ4n) is 3.70. The van der Waals surface area contributed by atoms with Crippen LogP contribution in [-0.4, -0.2) is 43.9 Å². The molecule has 1 N–H and O–H groups in total. The zero-order valence-electron chi connectivity index (χ0n) is 18.1. The monoisotopic (exact) mass is 475 g/mol. The Morgan fingerprint density at radius 1 is 1.03 bits per heavy atom. The second-order valence-electron chi connectivity index (χ2n) is 7.88. The van der Waals surface area contributed by atoms with Crippen molar-refractivity contribution < 1.29 is 18.0 Å². The van der Waals surface area contributed by atoms with E-state index in [1.807, 2.05) is 34.9 Å². The largest absolute Gasteiger partial charge is 0.323 e. The average Bonchev–Trinajstić information content (AvgIpc) is 3.22. The fourth-order valence-corrected chi connectivity index (χ4v) is 4.59. The second-order valence-corrected chi connectivity index (χ2v) is 9.19. The number of likely N-dealkylation sites (tertiary alicyclic amines) is 1. The number of amides is 1. The van der Waals surface area contributed by atoms with E-state index >= 15 is 0 Å². The number of piperidine rings is 1. The molecule has 1 amide bonds. The number of nitrogens with zero attached hydrogens (tertiary/aromatic N) is 4. The van der Waals surface area contributed by atoms with Crippen LogP contribution in [-0.2, 0) is 11.3 Å². The molecular formula is C23H24F3N5OS. The standard InChI is InChI=1S/C23H24F3N5OS/c1-15(22(32)27-18-11-10-17(24)20(25)21(18)26)33-23-29-28-19(14-30-12-6-3-7-13-30)31(23)16-8-4-2-5-9-16/h2,4-5,8-11,15H,3,6-7,12-14H2,1H3,(H,27,32). The molecule has 2 aromatic carbocycles. The van der Waals surface area contributed by atoms with Crippen molar-refractivity contribution in [3.05, 3.63) is 65.7 Å². The van der Waals surface area contributed by atoms with Gasteiger partial charge in [-0.3, -0.25) is 14.3 Å². The maximum atomic E-state index is 14.0. The molecule has 0 bridgehead atoms. The molecule has 0 saturated carbocycles. The maximum Gasteiger partial charge on any atom is 0.237 e. The summed E-state index contributed by atoms with van der Waals surface area (Å²) in [6.45, 7) is 4.28. The number of hydrogen-bond acceptors (Lipinski definition) is 5. The Morgan fingerprint density at radius 3 is 2.48 bits per heavy atom. The first-order chi connectivity index (χ1) is 15.9. The molecule has 0 aliphatic carbocycles. The van der Waals surface area contributed by atoms with Crippen LogP contribution in [0.25, 0.3) is 5.69 Å². The van der Waals surface area contributed by atoms with E-state index in [4.69, 9.17) is 0 Å². The van der Waals surface area contributed by atoms with Crippen molar-refractivity contribution in [2.24, 2.45) is 0 Å². The Balaban J connectivity index is 1.54. The van der Waals surface area contributed by atoms with Gasteiger partial charge < -0.3 is 5.32 Å². The SMILES string of the molecule is CC(Sc1nnc(CN2CCCCC2)n1-c1ccccc1)C(=O)Nc1ccc(F)c(F)c1F. The van der Waals surface area contributed by atoms with Crippen LogP contribution in [0.5, 0.6) is 0 Å². The average molecular weight is 476 g/mol. The Bertz CT molecular complexity index is 1120. The predicted octanol–water partition coefficient (Wildman–Crippen LogP) is 4.79. The van der Waals surface area contributed by atoms with E-state index in [1.165, 1.54) is 6.42 Å². The molecule has 2 heterocycles. The molecule has 0 radical (unpaired) electrons. The molecule has 1 unspecified atom stereocenters. The highest BCUT2D eigenvalue weighted by Crippen LogP contribution is 2.28. The first kappa shape index (κ1) is 23.3. The first-order valence-electron chi connectivity index (χ1n) is 10.8. The minimum atomic E-state index is -1.63. The number of nitrogens with one attached hydrogen (secondary N) is 1. The van der Waals surface area contributed by atoms with Crippen molar-refractivity contribution in [2.75, 3.05) is 18.4 Å². The highest BCUT2D eigenvalue weighted by Gasteiger charge is 2.24. The van der Waals surface area contributed by atoms with Gasteiger partial charge in [-0.25, -0.2) is 13.2 Å². The summed E-state index contributed by atoms with van der Waals surface area (Å²) >= 11 is 1.16. The molecule has 1 aliphatic heterocycles. The van der Waals surface area contributed by atoms with Crippen molar-refractivity contribution in [2.45, 2.75) is 43.1 Å². The molecule has 0 spiro atoms. The number of carbonyl (C=O) groups is 1. The molecule has 10 heteroatoms. The Kier molecular flexibility index (Phi) is 7.34. The first-order valence-corrected chi connectivity index (χ1v) is 11.6. The molecule has 3 aromatic rings. The van der Waals surface area contributed by atoms with E-state index in [0.717, 1.165) is 61.3 Å².